The van der Waals surface area contributed by atoms with Gasteiger partial charge in [-0.3, -0.25) is 9.53 Å². The van der Waals surface area contributed by atoms with Crippen LogP contribution < -0.4 is 10.1 Å². The monoisotopic (exact) mass is 549 g/mol. The fourth-order valence-corrected chi connectivity index (χ4v) is 7.32. The van der Waals surface area contributed by atoms with E-state index < -0.39 is 10.8 Å². The standard InChI is InChI=1S/C32H39NO5S/c1-22-17-26(25-11-4-5-12-27(25)32(20-34)15-16-32)31(37-3)29(18-22)38-24-10-8-9-23(19-24)33-21-39(35)30-14-7-6-13-28(30)36-2/h4-8,10-11,13-14,17,19-20,23,26-27,29,31,33H,9,12,15-16,18,21H2,1-3H3/t23-,26?,27?,29+,31+,39?/m0/s1. The van der Waals surface area contributed by atoms with E-state index in [0.29, 0.717) is 16.5 Å². The summed E-state index contributed by atoms with van der Waals surface area (Å²) in [4.78, 5) is 12.7. The minimum atomic E-state index is -1.23. The van der Waals surface area contributed by atoms with Crippen molar-refractivity contribution < 1.29 is 23.2 Å². The molecule has 6 atom stereocenters. The van der Waals surface area contributed by atoms with Crippen LogP contribution in [0.2, 0.25) is 0 Å². The van der Waals surface area contributed by atoms with Crippen LogP contribution in [0.3, 0.4) is 0 Å². The Morgan fingerprint density at radius 2 is 1.95 bits per heavy atom. The second-order valence-electron chi connectivity index (χ2n) is 11.0. The van der Waals surface area contributed by atoms with Crippen LogP contribution in [0, 0.1) is 17.3 Å². The first-order chi connectivity index (χ1) is 19.0. The highest BCUT2D eigenvalue weighted by Gasteiger charge is 2.52. The van der Waals surface area contributed by atoms with Crippen LogP contribution >= 0.6 is 0 Å². The number of benzene rings is 1. The number of para-hydroxylation sites is 1. The summed E-state index contributed by atoms with van der Waals surface area (Å²) < 4.78 is 31.0. The van der Waals surface area contributed by atoms with Gasteiger partial charge in [0.1, 0.15) is 30.0 Å². The predicted octanol–water partition coefficient (Wildman–Crippen LogP) is 5.41. The summed E-state index contributed by atoms with van der Waals surface area (Å²) in [6, 6.07) is 7.42. The number of aldehydes is 1. The van der Waals surface area contributed by atoms with E-state index in [1.807, 2.05) is 30.3 Å². The summed E-state index contributed by atoms with van der Waals surface area (Å²) >= 11 is 0. The molecule has 39 heavy (non-hydrogen) atoms. The Hall–Kier alpha value is -2.74. The van der Waals surface area contributed by atoms with Crippen molar-refractivity contribution in [3.8, 4) is 5.75 Å². The molecule has 0 aromatic heterocycles. The van der Waals surface area contributed by atoms with Crippen LogP contribution in [0.5, 0.6) is 5.75 Å². The van der Waals surface area contributed by atoms with Crippen LogP contribution in [-0.4, -0.2) is 48.8 Å². The number of rotatable bonds is 11. The van der Waals surface area contributed by atoms with E-state index in [1.165, 1.54) is 17.4 Å². The molecule has 3 unspecified atom stereocenters. The van der Waals surface area contributed by atoms with Crippen molar-refractivity contribution in [3.63, 3.8) is 0 Å². The molecule has 208 valence electrons. The van der Waals surface area contributed by atoms with Gasteiger partial charge in [-0.1, -0.05) is 53.7 Å². The second-order valence-corrected chi connectivity index (χ2v) is 12.4. The van der Waals surface area contributed by atoms with E-state index in [2.05, 4.69) is 48.7 Å². The van der Waals surface area contributed by atoms with Crippen LogP contribution in [0.1, 0.15) is 39.0 Å². The van der Waals surface area contributed by atoms with Gasteiger partial charge in [0.25, 0.3) is 0 Å². The van der Waals surface area contributed by atoms with Crippen LogP contribution in [0.25, 0.3) is 0 Å². The normalized spacial score (nSPS) is 30.0. The second kappa shape index (κ2) is 12.2. The minimum Gasteiger partial charge on any atom is -0.495 e. The maximum Gasteiger partial charge on any atom is 0.135 e. The van der Waals surface area contributed by atoms with E-state index in [0.717, 1.165) is 37.9 Å². The molecular formula is C32H39NO5S. The minimum absolute atomic E-state index is 0.0126. The molecule has 0 saturated heterocycles. The zero-order valence-electron chi connectivity index (χ0n) is 23.0. The van der Waals surface area contributed by atoms with Gasteiger partial charge in [-0.2, -0.15) is 0 Å². The molecule has 6 nitrogen and oxygen atoms in total. The fraction of sp³-hybridized carbons (Fsp3) is 0.469. The lowest BCUT2D eigenvalue weighted by molar-refractivity contribution is -0.113. The average molecular weight is 550 g/mol. The predicted molar refractivity (Wildman–Crippen MR) is 154 cm³/mol. The highest BCUT2D eigenvalue weighted by atomic mass is 32.2. The van der Waals surface area contributed by atoms with Crippen molar-refractivity contribution in [2.45, 2.75) is 62.2 Å². The van der Waals surface area contributed by atoms with Gasteiger partial charge in [0.15, 0.2) is 0 Å². The van der Waals surface area contributed by atoms with Gasteiger partial charge in [-0.25, -0.2) is 0 Å². The summed E-state index contributed by atoms with van der Waals surface area (Å²) in [5.74, 6) is 2.03. The molecule has 1 N–H and O–H groups in total. The lowest BCUT2D eigenvalue weighted by atomic mass is 9.70. The number of methoxy groups -OCH3 is 2. The summed E-state index contributed by atoms with van der Waals surface area (Å²) in [6.07, 6.45) is 20.3. The summed E-state index contributed by atoms with van der Waals surface area (Å²) in [7, 11) is 2.11. The van der Waals surface area contributed by atoms with Crippen LogP contribution in [0.4, 0.5) is 0 Å². The highest BCUT2D eigenvalue weighted by molar-refractivity contribution is 7.85. The zero-order valence-corrected chi connectivity index (χ0v) is 23.8. The van der Waals surface area contributed by atoms with E-state index in [1.54, 1.807) is 14.2 Å². The van der Waals surface area contributed by atoms with Gasteiger partial charge in [-0.15, -0.1) is 0 Å². The largest absolute Gasteiger partial charge is 0.495 e. The molecule has 0 radical (unpaired) electrons. The lowest BCUT2D eigenvalue weighted by Crippen LogP contribution is -2.42. The number of hydrogen-bond donors (Lipinski definition) is 1. The Kier molecular flexibility index (Phi) is 8.70. The molecule has 0 heterocycles. The molecular weight excluding hydrogens is 510 g/mol. The molecule has 1 aromatic rings. The van der Waals surface area contributed by atoms with E-state index in [-0.39, 0.29) is 35.5 Å². The van der Waals surface area contributed by atoms with Gasteiger partial charge in [0.05, 0.1) is 28.7 Å². The highest BCUT2D eigenvalue weighted by Crippen LogP contribution is 2.57. The molecule has 4 aliphatic carbocycles. The summed E-state index contributed by atoms with van der Waals surface area (Å²) in [5.41, 5.74) is 2.33. The Morgan fingerprint density at radius 1 is 1.13 bits per heavy atom. The third-order valence-corrected chi connectivity index (χ3v) is 9.69. The summed E-state index contributed by atoms with van der Waals surface area (Å²) in [5, 5.41) is 3.41. The quantitative estimate of drug-likeness (QED) is 0.294. The lowest BCUT2D eigenvalue weighted by Gasteiger charge is -2.41. The molecule has 0 spiro atoms. The van der Waals surface area contributed by atoms with E-state index in [9.17, 15) is 9.00 Å². The molecule has 7 heteroatoms. The van der Waals surface area contributed by atoms with E-state index >= 15 is 0 Å². The molecule has 0 bridgehead atoms. The Balaban J connectivity index is 1.28. The first kappa shape index (κ1) is 27.8. The van der Waals surface area contributed by atoms with Crippen LogP contribution in [0.15, 0.2) is 88.6 Å². The van der Waals surface area contributed by atoms with Crippen molar-refractivity contribution in [1.82, 2.24) is 5.32 Å². The molecule has 0 amide bonds. The van der Waals surface area contributed by atoms with Gasteiger partial charge in [0, 0.05) is 30.9 Å². The van der Waals surface area contributed by atoms with Crippen molar-refractivity contribution >= 4 is 17.1 Å². The molecule has 5 rings (SSSR count). The molecule has 0 aliphatic heterocycles. The molecule has 1 saturated carbocycles. The number of carbonyl (C=O) groups excluding carboxylic acids is 1. The van der Waals surface area contributed by atoms with Gasteiger partial charge >= 0.3 is 0 Å². The van der Waals surface area contributed by atoms with Crippen molar-refractivity contribution in [3.05, 3.63) is 83.7 Å². The molecule has 1 aromatic carbocycles. The molecule has 1 fully saturated rings. The first-order valence-electron chi connectivity index (χ1n) is 13.8. The number of allylic oxidation sites excluding steroid dienone is 4. The Labute approximate surface area is 234 Å². The Bertz CT molecular complexity index is 1240. The third kappa shape index (κ3) is 6.06. The number of carbonyl (C=O) groups is 1. The van der Waals surface area contributed by atoms with Gasteiger partial charge in [-0.05, 0) is 62.8 Å². The molecule has 4 aliphatic rings. The topological polar surface area (TPSA) is 73.9 Å². The van der Waals surface area contributed by atoms with Crippen LogP contribution in [-0.2, 0) is 25.1 Å². The van der Waals surface area contributed by atoms with Gasteiger partial charge in [0.2, 0.25) is 0 Å². The van der Waals surface area contributed by atoms with E-state index in [4.69, 9.17) is 14.2 Å². The number of nitrogens with one attached hydrogen (secondary N) is 1. The maximum atomic E-state index is 12.9. The first-order valence-corrected chi connectivity index (χ1v) is 15.1. The van der Waals surface area contributed by atoms with Gasteiger partial charge < -0.3 is 19.0 Å². The Morgan fingerprint density at radius 3 is 2.69 bits per heavy atom. The fourth-order valence-electron chi connectivity index (χ4n) is 6.19. The zero-order chi connectivity index (χ0) is 27.4. The number of ether oxygens (including phenoxy) is 3. The average Bonchev–Trinajstić information content (AvgIpc) is 3.77. The maximum absolute atomic E-state index is 12.9. The third-order valence-electron chi connectivity index (χ3n) is 8.44. The van der Waals surface area contributed by atoms with Crippen molar-refractivity contribution in [2.24, 2.45) is 17.3 Å². The number of hydrogen-bond acceptors (Lipinski definition) is 6. The van der Waals surface area contributed by atoms with Crippen molar-refractivity contribution in [2.75, 3.05) is 20.1 Å². The summed E-state index contributed by atoms with van der Waals surface area (Å²) in [6.45, 7) is 2.15. The van der Waals surface area contributed by atoms with Crippen molar-refractivity contribution in [1.29, 1.82) is 0 Å². The smallest absolute Gasteiger partial charge is 0.135 e. The SMILES string of the molecule is COc1ccccc1S(=O)CN[C@@H]1C=C(O[C@@H]2CC(C)=CC(C3=CC=CCC3C3(C=O)CC3)[C@H]2OC)C=CC1.